The average molecular weight is 378 g/mol. The number of para-hydroxylation sites is 1. The van der Waals surface area contributed by atoms with E-state index >= 15 is 0 Å². The van der Waals surface area contributed by atoms with Gasteiger partial charge in [-0.1, -0.05) is 30.3 Å². The van der Waals surface area contributed by atoms with E-state index in [2.05, 4.69) is 10.3 Å². The molecule has 0 atom stereocenters. The van der Waals surface area contributed by atoms with Crippen molar-refractivity contribution in [3.8, 4) is 10.8 Å². The van der Waals surface area contributed by atoms with Gasteiger partial charge in [-0.3, -0.25) is 4.79 Å². The van der Waals surface area contributed by atoms with Crippen LogP contribution in [0.4, 0.5) is 0 Å². The highest BCUT2D eigenvalue weighted by Crippen LogP contribution is 2.31. The minimum Gasteiger partial charge on any atom is -0.457 e. The van der Waals surface area contributed by atoms with Crippen molar-refractivity contribution in [3.63, 3.8) is 0 Å². The molecule has 0 fully saturated rings. The van der Waals surface area contributed by atoms with Crippen molar-refractivity contribution in [1.29, 1.82) is 0 Å². The van der Waals surface area contributed by atoms with E-state index in [9.17, 15) is 4.79 Å². The Morgan fingerprint density at radius 2 is 1.93 bits per heavy atom. The zero-order valence-electron chi connectivity index (χ0n) is 14.8. The van der Waals surface area contributed by atoms with E-state index in [0.717, 1.165) is 20.8 Å². The second-order valence-corrected chi connectivity index (χ2v) is 7.06. The Kier molecular flexibility index (Phi) is 5.00. The number of furan rings is 1. The smallest absolute Gasteiger partial charge is 0.252 e. The number of ether oxygens (including phenoxy) is 1. The second kappa shape index (κ2) is 7.73. The molecule has 0 saturated carbocycles. The van der Waals surface area contributed by atoms with Crippen LogP contribution in [0, 0.1) is 0 Å². The van der Waals surface area contributed by atoms with E-state index in [-0.39, 0.29) is 5.91 Å². The van der Waals surface area contributed by atoms with Gasteiger partial charge in [0.2, 0.25) is 0 Å². The summed E-state index contributed by atoms with van der Waals surface area (Å²) in [4.78, 5) is 17.1. The van der Waals surface area contributed by atoms with Crippen LogP contribution >= 0.6 is 11.3 Å². The number of rotatable bonds is 6. The molecular formula is C21H18N2O3S. The molecule has 4 rings (SSSR count). The number of hydrogen-bond acceptors (Lipinski definition) is 5. The molecule has 1 amide bonds. The predicted octanol–water partition coefficient (Wildman–Crippen LogP) is 4.63. The Labute approximate surface area is 160 Å². The second-order valence-electron chi connectivity index (χ2n) is 6.03. The molecule has 6 heteroatoms. The van der Waals surface area contributed by atoms with Gasteiger partial charge in [-0.25, -0.2) is 4.98 Å². The Morgan fingerprint density at radius 1 is 1.11 bits per heavy atom. The van der Waals surface area contributed by atoms with Crippen LogP contribution in [0.1, 0.15) is 21.7 Å². The summed E-state index contributed by atoms with van der Waals surface area (Å²) in [5.41, 5.74) is 2.42. The van der Waals surface area contributed by atoms with Crippen molar-refractivity contribution in [1.82, 2.24) is 10.3 Å². The van der Waals surface area contributed by atoms with Gasteiger partial charge >= 0.3 is 0 Å². The quantitative estimate of drug-likeness (QED) is 0.531. The van der Waals surface area contributed by atoms with Gasteiger partial charge < -0.3 is 14.5 Å². The van der Waals surface area contributed by atoms with E-state index in [0.29, 0.717) is 30.2 Å². The van der Waals surface area contributed by atoms with Gasteiger partial charge in [0.1, 0.15) is 5.76 Å². The molecule has 2 aromatic carbocycles. The fourth-order valence-corrected chi connectivity index (χ4v) is 3.78. The summed E-state index contributed by atoms with van der Waals surface area (Å²) in [7, 11) is 1.61. The van der Waals surface area contributed by atoms with Gasteiger partial charge in [-0.05, 0) is 35.9 Å². The Bertz CT molecular complexity index is 1050. The lowest BCUT2D eigenvalue weighted by atomic mass is 10.1. The zero-order chi connectivity index (χ0) is 18.6. The standard InChI is InChI=1S/C21H18N2O3S/c1-25-13-14-6-2-3-7-16(14)20(24)22-12-15-10-11-18(26-15)21-23-17-8-4-5-9-19(17)27-21/h2-11H,12-13H2,1H3,(H,22,24). The number of aromatic nitrogens is 1. The molecule has 0 radical (unpaired) electrons. The predicted molar refractivity (Wildman–Crippen MR) is 106 cm³/mol. The maximum Gasteiger partial charge on any atom is 0.252 e. The molecule has 136 valence electrons. The summed E-state index contributed by atoms with van der Waals surface area (Å²) in [6.07, 6.45) is 0. The highest BCUT2D eigenvalue weighted by molar-refractivity contribution is 7.21. The zero-order valence-corrected chi connectivity index (χ0v) is 15.6. The number of thiazole rings is 1. The lowest BCUT2D eigenvalue weighted by Crippen LogP contribution is -2.23. The number of carbonyl (C=O) groups is 1. The molecule has 0 saturated heterocycles. The summed E-state index contributed by atoms with van der Waals surface area (Å²) in [6.45, 7) is 0.706. The molecule has 0 aliphatic rings. The van der Waals surface area contributed by atoms with Gasteiger partial charge in [0.15, 0.2) is 10.8 Å². The van der Waals surface area contributed by atoms with Gasteiger partial charge in [0.05, 0.1) is 23.4 Å². The highest BCUT2D eigenvalue weighted by Gasteiger charge is 2.13. The molecule has 1 N–H and O–H groups in total. The number of hydrogen-bond donors (Lipinski definition) is 1. The van der Waals surface area contributed by atoms with Crippen LogP contribution in [0.3, 0.4) is 0 Å². The molecule has 0 bridgehead atoms. The van der Waals surface area contributed by atoms with Crippen LogP contribution in [0.5, 0.6) is 0 Å². The third-order valence-corrected chi connectivity index (χ3v) is 5.20. The number of fused-ring (bicyclic) bond motifs is 1. The summed E-state index contributed by atoms with van der Waals surface area (Å²) < 4.78 is 12.1. The van der Waals surface area contributed by atoms with Crippen LogP contribution in [-0.2, 0) is 17.9 Å². The van der Waals surface area contributed by atoms with E-state index in [4.69, 9.17) is 9.15 Å². The molecular weight excluding hydrogens is 360 g/mol. The minimum atomic E-state index is -0.152. The monoisotopic (exact) mass is 378 g/mol. The van der Waals surface area contributed by atoms with Crippen LogP contribution < -0.4 is 5.32 Å². The number of methoxy groups -OCH3 is 1. The van der Waals surface area contributed by atoms with E-state index < -0.39 is 0 Å². The first-order chi connectivity index (χ1) is 13.2. The summed E-state index contributed by atoms with van der Waals surface area (Å²) in [6, 6.07) is 19.1. The van der Waals surface area contributed by atoms with Crippen LogP contribution in [0.15, 0.2) is 65.1 Å². The highest BCUT2D eigenvalue weighted by atomic mass is 32.1. The molecule has 2 heterocycles. The molecule has 0 aliphatic carbocycles. The van der Waals surface area contributed by atoms with Crippen molar-refractivity contribution in [2.45, 2.75) is 13.2 Å². The average Bonchev–Trinajstić information content (AvgIpc) is 3.33. The van der Waals surface area contributed by atoms with Crippen molar-refractivity contribution >= 4 is 27.5 Å². The van der Waals surface area contributed by atoms with E-state index in [1.165, 1.54) is 0 Å². The number of nitrogens with zero attached hydrogens (tertiary/aromatic N) is 1. The van der Waals surface area contributed by atoms with Crippen LogP contribution in [0.2, 0.25) is 0 Å². The van der Waals surface area contributed by atoms with Crippen molar-refractivity contribution in [2.24, 2.45) is 0 Å². The van der Waals surface area contributed by atoms with Crippen molar-refractivity contribution < 1.29 is 13.9 Å². The maximum atomic E-state index is 12.5. The Balaban J connectivity index is 1.46. The number of benzene rings is 2. The summed E-state index contributed by atoms with van der Waals surface area (Å²) in [5, 5.41) is 3.73. The van der Waals surface area contributed by atoms with Crippen LogP contribution in [0.25, 0.3) is 21.0 Å². The van der Waals surface area contributed by atoms with E-state index in [1.54, 1.807) is 24.5 Å². The fourth-order valence-electron chi connectivity index (χ4n) is 2.85. The SMILES string of the molecule is COCc1ccccc1C(=O)NCc1ccc(-c2nc3ccccc3s2)o1. The molecule has 0 spiro atoms. The fraction of sp³-hybridized carbons (Fsp3) is 0.143. The lowest BCUT2D eigenvalue weighted by Gasteiger charge is -2.08. The number of carbonyl (C=O) groups excluding carboxylic acids is 1. The Hall–Kier alpha value is -2.96. The van der Waals surface area contributed by atoms with Gasteiger partial charge in [0.25, 0.3) is 5.91 Å². The molecule has 4 aromatic rings. The largest absolute Gasteiger partial charge is 0.457 e. The topological polar surface area (TPSA) is 64.4 Å². The van der Waals surface area contributed by atoms with Crippen LogP contribution in [-0.4, -0.2) is 18.0 Å². The summed E-state index contributed by atoms with van der Waals surface area (Å²) in [5.74, 6) is 1.24. The van der Waals surface area contributed by atoms with Crippen molar-refractivity contribution in [3.05, 3.63) is 77.6 Å². The number of amides is 1. The maximum absolute atomic E-state index is 12.5. The van der Waals surface area contributed by atoms with Gasteiger partial charge in [-0.2, -0.15) is 0 Å². The first-order valence-corrected chi connectivity index (χ1v) is 9.36. The third kappa shape index (κ3) is 3.77. The molecule has 2 aromatic heterocycles. The first kappa shape index (κ1) is 17.5. The first-order valence-electron chi connectivity index (χ1n) is 8.54. The van der Waals surface area contributed by atoms with E-state index in [1.807, 2.05) is 54.6 Å². The lowest BCUT2D eigenvalue weighted by molar-refractivity contribution is 0.0943. The minimum absolute atomic E-state index is 0.152. The summed E-state index contributed by atoms with van der Waals surface area (Å²) >= 11 is 1.59. The van der Waals surface area contributed by atoms with Crippen molar-refractivity contribution in [2.75, 3.05) is 7.11 Å². The van der Waals surface area contributed by atoms with Gasteiger partial charge in [-0.15, -0.1) is 11.3 Å². The third-order valence-electron chi connectivity index (χ3n) is 4.15. The molecule has 27 heavy (non-hydrogen) atoms. The number of nitrogens with one attached hydrogen (secondary N) is 1. The molecule has 5 nitrogen and oxygen atoms in total. The van der Waals surface area contributed by atoms with Gasteiger partial charge in [0, 0.05) is 12.7 Å². The molecule has 0 aliphatic heterocycles. The molecule has 0 unspecified atom stereocenters. The Morgan fingerprint density at radius 3 is 2.78 bits per heavy atom. The normalized spacial score (nSPS) is 11.0.